The summed E-state index contributed by atoms with van der Waals surface area (Å²) in [7, 11) is 0. The molecular weight excluding hydrogens is 376 g/mol. The monoisotopic (exact) mass is 394 g/mol. The summed E-state index contributed by atoms with van der Waals surface area (Å²) in [5.74, 6) is 1.16. The van der Waals surface area contributed by atoms with E-state index in [2.05, 4.69) is 20.8 Å². The third-order valence-electron chi connectivity index (χ3n) is 4.23. The molecule has 0 bridgehead atoms. The van der Waals surface area contributed by atoms with E-state index in [1.807, 2.05) is 0 Å². The van der Waals surface area contributed by atoms with E-state index in [1.54, 1.807) is 56.3 Å². The molecule has 0 spiro atoms. The third kappa shape index (κ3) is 4.03. The number of fused-ring (bicyclic) bond motifs is 1. The quantitative estimate of drug-likeness (QED) is 0.683. The molecule has 0 aliphatic carbocycles. The molecule has 2 amide bonds. The van der Waals surface area contributed by atoms with Gasteiger partial charge in [-0.25, -0.2) is 0 Å². The maximum absolute atomic E-state index is 12.8. The smallest absolute Gasteiger partial charge is 0.265 e. The first-order chi connectivity index (χ1) is 14.0. The second-order valence-corrected chi connectivity index (χ2v) is 6.43. The Morgan fingerprint density at radius 2 is 2.10 bits per heavy atom. The standard InChI is InChI=1S/C20H18N4O5/c1-11-19(25)23-15-9-13(7-8-17(15)28-11)22-20(26)14-5-3-4-6-16(14)27-10-18-21-12(2)29-24-18/h3-9,11H,10H2,1-2H3,(H,22,26)(H,23,25). The summed E-state index contributed by atoms with van der Waals surface area (Å²) in [6, 6.07) is 11.9. The van der Waals surface area contributed by atoms with Gasteiger partial charge in [0.2, 0.25) is 11.7 Å². The first kappa shape index (κ1) is 18.5. The van der Waals surface area contributed by atoms with Crippen LogP contribution in [0, 0.1) is 6.92 Å². The van der Waals surface area contributed by atoms with Crippen LogP contribution in [0.1, 0.15) is 29.0 Å². The molecule has 1 aliphatic heterocycles. The van der Waals surface area contributed by atoms with Crippen LogP contribution < -0.4 is 20.1 Å². The Kier molecular flexibility index (Phi) is 4.86. The van der Waals surface area contributed by atoms with Crippen molar-refractivity contribution in [1.29, 1.82) is 0 Å². The van der Waals surface area contributed by atoms with Gasteiger partial charge in [0.1, 0.15) is 11.5 Å². The summed E-state index contributed by atoms with van der Waals surface area (Å²) in [4.78, 5) is 28.6. The van der Waals surface area contributed by atoms with E-state index in [9.17, 15) is 9.59 Å². The number of para-hydroxylation sites is 1. The summed E-state index contributed by atoms with van der Waals surface area (Å²) in [5, 5.41) is 9.32. The van der Waals surface area contributed by atoms with Crippen LogP contribution in [-0.2, 0) is 11.4 Å². The Bertz CT molecular complexity index is 1080. The number of carbonyl (C=O) groups excluding carboxylic acids is 2. The molecule has 2 aromatic carbocycles. The molecule has 9 nitrogen and oxygen atoms in total. The predicted octanol–water partition coefficient (Wildman–Crippen LogP) is 2.93. The highest BCUT2D eigenvalue weighted by Crippen LogP contribution is 2.32. The molecule has 0 saturated heterocycles. The molecule has 4 rings (SSSR count). The molecule has 0 radical (unpaired) electrons. The lowest BCUT2D eigenvalue weighted by molar-refractivity contribution is -0.122. The number of hydrogen-bond donors (Lipinski definition) is 2. The number of aromatic nitrogens is 2. The van der Waals surface area contributed by atoms with Crippen LogP contribution in [-0.4, -0.2) is 28.1 Å². The molecule has 1 aliphatic rings. The molecule has 2 heterocycles. The zero-order valence-corrected chi connectivity index (χ0v) is 15.8. The van der Waals surface area contributed by atoms with Gasteiger partial charge in [-0.1, -0.05) is 17.3 Å². The molecule has 1 atom stereocenters. The average molecular weight is 394 g/mol. The van der Waals surface area contributed by atoms with Crippen molar-refractivity contribution in [2.24, 2.45) is 0 Å². The lowest BCUT2D eigenvalue weighted by atomic mass is 10.1. The van der Waals surface area contributed by atoms with E-state index < -0.39 is 6.10 Å². The van der Waals surface area contributed by atoms with Gasteiger partial charge in [-0.3, -0.25) is 9.59 Å². The molecule has 29 heavy (non-hydrogen) atoms. The lowest BCUT2D eigenvalue weighted by Gasteiger charge is -2.23. The first-order valence-electron chi connectivity index (χ1n) is 8.93. The van der Waals surface area contributed by atoms with Gasteiger partial charge >= 0.3 is 0 Å². The van der Waals surface area contributed by atoms with Gasteiger partial charge in [-0.05, 0) is 37.3 Å². The number of amides is 2. The molecule has 2 N–H and O–H groups in total. The molecule has 0 saturated carbocycles. The molecule has 9 heteroatoms. The highest BCUT2D eigenvalue weighted by Gasteiger charge is 2.24. The van der Waals surface area contributed by atoms with Crippen LogP contribution >= 0.6 is 0 Å². The van der Waals surface area contributed by atoms with Crippen LogP contribution in [0.15, 0.2) is 47.0 Å². The fourth-order valence-corrected chi connectivity index (χ4v) is 2.81. The summed E-state index contributed by atoms with van der Waals surface area (Å²) < 4.78 is 16.1. The average Bonchev–Trinajstić information content (AvgIpc) is 3.13. The number of ether oxygens (including phenoxy) is 2. The minimum atomic E-state index is -0.560. The van der Waals surface area contributed by atoms with Gasteiger partial charge in [0, 0.05) is 12.6 Å². The van der Waals surface area contributed by atoms with E-state index in [4.69, 9.17) is 14.0 Å². The second kappa shape index (κ2) is 7.63. The zero-order chi connectivity index (χ0) is 20.4. The minimum absolute atomic E-state index is 0.0715. The highest BCUT2D eigenvalue weighted by atomic mass is 16.5. The highest BCUT2D eigenvalue weighted by molar-refractivity contribution is 6.07. The number of carbonyl (C=O) groups is 2. The molecular formula is C20H18N4O5. The number of rotatable bonds is 5. The maximum Gasteiger partial charge on any atom is 0.265 e. The fourth-order valence-electron chi connectivity index (χ4n) is 2.81. The van der Waals surface area contributed by atoms with Crippen LogP contribution in [0.4, 0.5) is 11.4 Å². The van der Waals surface area contributed by atoms with Crippen molar-refractivity contribution >= 4 is 23.2 Å². The number of anilines is 2. The Balaban J connectivity index is 1.49. The van der Waals surface area contributed by atoms with E-state index in [0.29, 0.717) is 40.2 Å². The Labute approximate surface area is 166 Å². The van der Waals surface area contributed by atoms with Crippen molar-refractivity contribution < 1.29 is 23.6 Å². The van der Waals surface area contributed by atoms with E-state index in [0.717, 1.165) is 0 Å². The van der Waals surface area contributed by atoms with Crippen LogP contribution in [0.3, 0.4) is 0 Å². The SMILES string of the molecule is Cc1nc(COc2ccccc2C(=O)Nc2ccc3c(c2)NC(=O)C(C)O3)no1. The number of hydrogen-bond acceptors (Lipinski definition) is 7. The van der Waals surface area contributed by atoms with E-state index >= 15 is 0 Å². The predicted molar refractivity (Wildman–Crippen MR) is 103 cm³/mol. The van der Waals surface area contributed by atoms with Crippen molar-refractivity contribution in [1.82, 2.24) is 10.1 Å². The van der Waals surface area contributed by atoms with E-state index in [-0.39, 0.29) is 18.4 Å². The fraction of sp³-hybridized carbons (Fsp3) is 0.200. The van der Waals surface area contributed by atoms with Crippen molar-refractivity contribution in [3.63, 3.8) is 0 Å². The summed E-state index contributed by atoms with van der Waals surface area (Å²) in [5.41, 5.74) is 1.36. The van der Waals surface area contributed by atoms with Crippen molar-refractivity contribution in [2.75, 3.05) is 10.6 Å². The van der Waals surface area contributed by atoms with E-state index in [1.165, 1.54) is 0 Å². The molecule has 0 fully saturated rings. The van der Waals surface area contributed by atoms with Gasteiger partial charge in [0.05, 0.1) is 11.3 Å². The van der Waals surface area contributed by atoms with Gasteiger partial charge in [0.25, 0.3) is 11.8 Å². The molecule has 1 unspecified atom stereocenters. The largest absolute Gasteiger partial charge is 0.485 e. The Hall–Kier alpha value is -3.88. The molecule has 148 valence electrons. The lowest BCUT2D eigenvalue weighted by Crippen LogP contribution is -2.34. The zero-order valence-electron chi connectivity index (χ0n) is 15.8. The summed E-state index contributed by atoms with van der Waals surface area (Å²) >= 11 is 0. The normalized spacial score (nSPS) is 15.1. The van der Waals surface area contributed by atoms with Gasteiger partial charge in [-0.2, -0.15) is 4.98 Å². The van der Waals surface area contributed by atoms with Gasteiger partial charge in [-0.15, -0.1) is 0 Å². The van der Waals surface area contributed by atoms with Gasteiger partial charge < -0.3 is 24.6 Å². The third-order valence-corrected chi connectivity index (χ3v) is 4.23. The minimum Gasteiger partial charge on any atom is -0.485 e. The summed E-state index contributed by atoms with van der Waals surface area (Å²) in [6.07, 6.45) is -0.560. The maximum atomic E-state index is 12.8. The number of nitrogens with one attached hydrogen (secondary N) is 2. The molecule has 1 aromatic heterocycles. The summed E-state index contributed by atoms with van der Waals surface area (Å²) in [6.45, 7) is 3.42. The van der Waals surface area contributed by atoms with Crippen LogP contribution in [0.25, 0.3) is 0 Å². The Morgan fingerprint density at radius 1 is 1.28 bits per heavy atom. The second-order valence-electron chi connectivity index (χ2n) is 6.43. The first-order valence-corrected chi connectivity index (χ1v) is 8.93. The van der Waals surface area contributed by atoms with Crippen molar-refractivity contribution in [3.8, 4) is 11.5 Å². The van der Waals surface area contributed by atoms with Crippen molar-refractivity contribution in [2.45, 2.75) is 26.6 Å². The topological polar surface area (TPSA) is 116 Å². The number of aryl methyl sites for hydroxylation is 1. The van der Waals surface area contributed by atoms with Crippen LogP contribution in [0.5, 0.6) is 11.5 Å². The van der Waals surface area contributed by atoms with Crippen LogP contribution in [0.2, 0.25) is 0 Å². The van der Waals surface area contributed by atoms with Crippen molar-refractivity contribution in [3.05, 3.63) is 59.7 Å². The number of nitrogens with zero attached hydrogens (tertiary/aromatic N) is 2. The van der Waals surface area contributed by atoms with Gasteiger partial charge in [0.15, 0.2) is 12.7 Å². The number of benzene rings is 2. The molecule has 3 aromatic rings. The Morgan fingerprint density at radius 3 is 2.90 bits per heavy atom.